The molecule has 1 saturated heterocycles. The number of nitrogens with zero attached hydrogens (tertiary/aromatic N) is 1. The average molecular weight is 344 g/mol. The first kappa shape index (κ1) is 18.2. The third-order valence-electron chi connectivity index (χ3n) is 5.16. The SMILES string of the molecule is CCCCCCCCCCc1ccc2nc(N[C@H]3CCNC3)oc2c1. The predicted octanol–water partition coefficient (Wildman–Crippen LogP) is 5.28. The average Bonchev–Trinajstić information content (AvgIpc) is 3.26. The quantitative estimate of drug-likeness (QED) is 0.545. The van der Waals surface area contributed by atoms with Gasteiger partial charge in [0.25, 0.3) is 6.01 Å². The van der Waals surface area contributed by atoms with Gasteiger partial charge in [-0.2, -0.15) is 4.98 Å². The van der Waals surface area contributed by atoms with Crippen LogP contribution in [0.2, 0.25) is 0 Å². The van der Waals surface area contributed by atoms with E-state index in [1.165, 1.54) is 56.9 Å². The van der Waals surface area contributed by atoms with Crippen LogP contribution in [0.4, 0.5) is 6.01 Å². The third-order valence-corrected chi connectivity index (χ3v) is 5.16. The second kappa shape index (κ2) is 9.81. The Morgan fingerprint density at radius 3 is 2.68 bits per heavy atom. The van der Waals surface area contributed by atoms with Crippen molar-refractivity contribution in [3.63, 3.8) is 0 Å². The van der Waals surface area contributed by atoms with Crippen molar-refractivity contribution in [1.82, 2.24) is 10.3 Å². The predicted molar refractivity (Wildman–Crippen MR) is 105 cm³/mol. The summed E-state index contributed by atoms with van der Waals surface area (Å²) in [6.07, 6.45) is 13.2. The van der Waals surface area contributed by atoms with Crippen LogP contribution >= 0.6 is 0 Å². The van der Waals surface area contributed by atoms with Crippen molar-refractivity contribution >= 4 is 17.1 Å². The maximum atomic E-state index is 5.90. The minimum absolute atomic E-state index is 0.435. The number of anilines is 1. The van der Waals surface area contributed by atoms with E-state index in [0.29, 0.717) is 12.1 Å². The van der Waals surface area contributed by atoms with Gasteiger partial charge < -0.3 is 15.1 Å². The van der Waals surface area contributed by atoms with Crippen LogP contribution in [0.25, 0.3) is 11.1 Å². The monoisotopic (exact) mass is 343 g/mol. The number of hydrogen-bond donors (Lipinski definition) is 2. The molecule has 0 radical (unpaired) electrons. The molecule has 3 rings (SSSR count). The molecule has 1 atom stereocenters. The minimum atomic E-state index is 0.435. The van der Waals surface area contributed by atoms with Gasteiger partial charge in [-0.25, -0.2) is 0 Å². The number of aryl methyl sites for hydroxylation is 1. The highest BCUT2D eigenvalue weighted by Gasteiger charge is 2.16. The molecule has 0 unspecified atom stereocenters. The molecule has 0 aliphatic carbocycles. The van der Waals surface area contributed by atoms with Gasteiger partial charge in [0, 0.05) is 12.6 Å². The molecule has 2 heterocycles. The molecule has 0 amide bonds. The van der Waals surface area contributed by atoms with E-state index in [2.05, 4.69) is 40.7 Å². The van der Waals surface area contributed by atoms with Crippen molar-refractivity contribution in [3.05, 3.63) is 23.8 Å². The molecule has 2 N–H and O–H groups in total. The van der Waals surface area contributed by atoms with Crippen LogP contribution in [0.1, 0.15) is 70.3 Å². The van der Waals surface area contributed by atoms with Crippen LogP contribution in [0, 0.1) is 0 Å². The topological polar surface area (TPSA) is 50.1 Å². The molecule has 2 aromatic rings. The Balaban J connectivity index is 1.41. The number of oxazole rings is 1. The summed E-state index contributed by atoms with van der Waals surface area (Å²) in [5, 5.41) is 6.74. The molecular weight excluding hydrogens is 310 g/mol. The van der Waals surface area contributed by atoms with E-state index < -0.39 is 0 Å². The Hall–Kier alpha value is -1.55. The summed E-state index contributed by atoms with van der Waals surface area (Å²) in [6, 6.07) is 7.56. The second-order valence-corrected chi connectivity index (χ2v) is 7.38. The number of benzene rings is 1. The second-order valence-electron chi connectivity index (χ2n) is 7.38. The van der Waals surface area contributed by atoms with Crippen LogP contribution in [-0.4, -0.2) is 24.1 Å². The summed E-state index contributed by atoms with van der Waals surface area (Å²) in [5.41, 5.74) is 3.22. The maximum Gasteiger partial charge on any atom is 0.295 e. The Morgan fingerprint density at radius 1 is 1.12 bits per heavy atom. The lowest BCUT2D eigenvalue weighted by molar-refractivity contribution is 0.575. The first-order chi connectivity index (χ1) is 12.3. The lowest BCUT2D eigenvalue weighted by Crippen LogP contribution is -2.22. The molecule has 1 aliphatic rings. The van der Waals surface area contributed by atoms with Gasteiger partial charge in [-0.15, -0.1) is 0 Å². The third kappa shape index (κ3) is 5.74. The summed E-state index contributed by atoms with van der Waals surface area (Å²) in [4.78, 5) is 4.56. The summed E-state index contributed by atoms with van der Waals surface area (Å²) in [5.74, 6) is 0. The van der Waals surface area contributed by atoms with Crippen molar-refractivity contribution < 1.29 is 4.42 Å². The maximum absolute atomic E-state index is 5.90. The van der Waals surface area contributed by atoms with Gasteiger partial charge in [-0.1, -0.05) is 57.9 Å². The van der Waals surface area contributed by atoms with E-state index in [-0.39, 0.29) is 0 Å². The Bertz CT molecular complexity index is 631. The van der Waals surface area contributed by atoms with Gasteiger partial charge in [-0.3, -0.25) is 0 Å². The van der Waals surface area contributed by atoms with Gasteiger partial charge in [-0.05, 0) is 43.5 Å². The fourth-order valence-electron chi connectivity index (χ4n) is 3.60. The molecular formula is C21H33N3O. The molecule has 138 valence electrons. The van der Waals surface area contributed by atoms with Crippen LogP contribution in [0.15, 0.2) is 22.6 Å². The Kier molecular flexibility index (Phi) is 7.16. The normalized spacial score (nSPS) is 17.4. The van der Waals surface area contributed by atoms with E-state index >= 15 is 0 Å². The van der Waals surface area contributed by atoms with E-state index in [4.69, 9.17) is 4.42 Å². The molecule has 0 saturated carbocycles. The molecule has 4 heteroatoms. The number of rotatable bonds is 11. The highest BCUT2D eigenvalue weighted by atomic mass is 16.4. The van der Waals surface area contributed by atoms with Crippen LogP contribution < -0.4 is 10.6 Å². The van der Waals surface area contributed by atoms with Crippen molar-refractivity contribution in [1.29, 1.82) is 0 Å². The fourth-order valence-corrected chi connectivity index (χ4v) is 3.60. The van der Waals surface area contributed by atoms with Gasteiger partial charge >= 0.3 is 0 Å². The lowest BCUT2D eigenvalue weighted by atomic mass is 10.0. The van der Waals surface area contributed by atoms with Gasteiger partial charge in [0.1, 0.15) is 5.52 Å². The molecule has 25 heavy (non-hydrogen) atoms. The van der Waals surface area contributed by atoms with Crippen LogP contribution in [0.3, 0.4) is 0 Å². The van der Waals surface area contributed by atoms with Crippen molar-refractivity contribution in [2.45, 2.75) is 77.2 Å². The van der Waals surface area contributed by atoms with E-state index in [0.717, 1.165) is 37.0 Å². The molecule has 0 spiro atoms. The lowest BCUT2D eigenvalue weighted by Gasteiger charge is -2.07. The molecule has 1 aromatic heterocycles. The molecule has 1 aromatic carbocycles. The Labute approximate surface area is 151 Å². The van der Waals surface area contributed by atoms with Crippen LogP contribution in [-0.2, 0) is 6.42 Å². The summed E-state index contributed by atoms with van der Waals surface area (Å²) >= 11 is 0. The molecule has 1 fully saturated rings. The smallest absolute Gasteiger partial charge is 0.295 e. The molecule has 0 bridgehead atoms. The highest BCUT2D eigenvalue weighted by Crippen LogP contribution is 2.22. The molecule has 1 aliphatic heterocycles. The van der Waals surface area contributed by atoms with Gasteiger partial charge in [0.15, 0.2) is 5.58 Å². The highest BCUT2D eigenvalue weighted by molar-refractivity contribution is 5.75. The Morgan fingerprint density at radius 2 is 1.92 bits per heavy atom. The zero-order chi connectivity index (χ0) is 17.3. The summed E-state index contributed by atoms with van der Waals surface area (Å²) < 4.78 is 5.90. The number of unbranched alkanes of at least 4 members (excludes halogenated alkanes) is 7. The molecule has 4 nitrogen and oxygen atoms in total. The first-order valence-electron chi connectivity index (χ1n) is 10.2. The number of aromatic nitrogens is 1. The number of nitrogens with one attached hydrogen (secondary N) is 2. The van der Waals surface area contributed by atoms with E-state index in [1.54, 1.807) is 0 Å². The fraction of sp³-hybridized carbons (Fsp3) is 0.667. The minimum Gasteiger partial charge on any atom is -0.424 e. The standard InChI is InChI=1S/C21H33N3O/c1-2-3-4-5-6-7-8-9-10-17-11-12-19-20(15-17)25-21(24-19)23-18-13-14-22-16-18/h11-12,15,18,22H,2-10,13-14,16H2,1H3,(H,23,24)/t18-/m0/s1. The zero-order valence-corrected chi connectivity index (χ0v) is 15.7. The zero-order valence-electron chi connectivity index (χ0n) is 15.7. The van der Waals surface area contributed by atoms with E-state index in [9.17, 15) is 0 Å². The van der Waals surface area contributed by atoms with Crippen LogP contribution in [0.5, 0.6) is 0 Å². The largest absolute Gasteiger partial charge is 0.424 e. The number of fused-ring (bicyclic) bond motifs is 1. The number of hydrogen-bond acceptors (Lipinski definition) is 4. The van der Waals surface area contributed by atoms with Gasteiger partial charge in [0.2, 0.25) is 0 Å². The summed E-state index contributed by atoms with van der Waals surface area (Å²) in [7, 11) is 0. The van der Waals surface area contributed by atoms with Crippen molar-refractivity contribution in [3.8, 4) is 0 Å². The first-order valence-corrected chi connectivity index (χ1v) is 10.2. The van der Waals surface area contributed by atoms with Gasteiger partial charge in [0.05, 0.1) is 0 Å². The van der Waals surface area contributed by atoms with Crippen molar-refractivity contribution in [2.75, 3.05) is 18.4 Å². The van der Waals surface area contributed by atoms with E-state index in [1.807, 2.05) is 0 Å². The van der Waals surface area contributed by atoms with Crippen molar-refractivity contribution in [2.24, 2.45) is 0 Å². The summed E-state index contributed by atoms with van der Waals surface area (Å²) in [6.45, 7) is 4.33.